The number of rotatable bonds is 6. The third-order valence-corrected chi connectivity index (χ3v) is 5.39. The van der Waals surface area contributed by atoms with Crippen LogP contribution in [0.3, 0.4) is 0 Å². The lowest BCUT2D eigenvalue weighted by atomic mass is 10.0. The molecule has 126 valence electrons. The standard InChI is InChI=1S/C18H21N3O2S/c22-18(15-11-24-12-20-15)21-7-5-17(23-10-13-3-4-13)16(21)8-14-2-1-6-19-9-14/h1-2,6,9,11-13,16-17H,3-5,7-8,10H2/t16-,17+/m0/s1. The number of ether oxygens (including phenoxy) is 1. The highest BCUT2D eigenvalue weighted by Gasteiger charge is 2.39. The Morgan fingerprint density at radius 1 is 1.38 bits per heavy atom. The van der Waals surface area contributed by atoms with Gasteiger partial charge in [-0.2, -0.15) is 0 Å². The molecule has 2 aromatic rings. The zero-order valence-electron chi connectivity index (χ0n) is 13.5. The van der Waals surface area contributed by atoms with Crippen LogP contribution >= 0.6 is 11.3 Å². The van der Waals surface area contributed by atoms with E-state index in [-0.39, 0.29) is 18.1 Å². The van der Waals surface area contributed by atoms with E-state index < -0.39 is 0 Å². The van der Waals surface area contributed by atoms with Crippen LogP contribution in [-0.2, 0) is 11.2 Å². The maximum atomic E-state index is 12.8. The third kappa shape index (κ3) is 3.49. The van der Waals surface area contributed by atoms with E-state index in [2.05, 4.69) is 16.0 Å². The van der Waals surface area contributed by atoms with Gasteiger partial charge in [-0.3, -0.25) is 9.78 Å². The monoisotopic (exact) mass is 343 g/mol. The van der Waals surface area contributed by atoms with Crippen molar-refractivity contribution in [2.75, 3.05) is 13.2 Å². The van der Waals surface area contributed by atoms with Gasteiger partial charge >= 0.3 is 0 Å². The predicted octanol–water partition coefficient (Wildman–Crippen LogP) is 2.79. The van der Waals surface area contributed by atoms with Crippen LogP contribution in [-0.4, -0.2) is 46.1 Å². The number of amides is 1. The van der Waals surface area contributed by atoms with Gasteiger partial charge < -0.3 is 9.64 Å². The van der Waals surface area contributed by atoms with Crippen molar-refractivity contribution >= 4 is 17.2 Å². The van der Waals surface area contributed by atoms with Crippen molar-refractivity contribution < 1.29 is 9.53 Å². The molecule has 2 fully saturated rings. The van der Waals surface area contributed by atoms with Gasteiger partial charge in [0.15, 0.2) is 0 Å². The predicted molar refractivity (Wildman–Crippen MR) is 92.0 cm³/mol. The van der Waals surface area contributed by atoms with Crippen molar-refractivity contribution in [2.45, 2.75) is 37.8 Å². The molecule has 0 N–H and O–H groups in total. The van der Waals surface area contributed by atoms with Crippen LogP contribution in [0.5, 0.6) is 0 Å². The average Bonchev–Trinajstić information content (AvgIpc) is 3.12. The summed E-state index contributed by atoms with van der Waals surface area (Å²) in [4.78, 5) is 23.1. The zero-order chi connectivity index (χ0) is 16.4. The Kier molecular flexibility index (Phi) is 4.58. The molecule has 4 rings (SSSR count). The van der Waals surface area contributed by atoms with E-state index in [1.807, 2.05) is 22.5 Å². The molecule has 5 nitrogen and oxygen atoms in total. The van der Waals surface area contributed by atoms with Gasteiger partial charge in [-0.1, -0.05) is 6.07 Å². The Labute approximate surface area is 145 Å². The Bertz CT molecular complexity index is 673. The lowest BCUT2D eigenvalue weighted by Crippen LogP contribution is -2.42. The minimum absolute atomic E-state index is 0.0164. The summed E-state index contributed by atoms with van der Waals surface area (Å²) in [5, 5.41) is 1.82. The van der Waals surface area contributed by atoms with Crippen LogP contribution in [0, 0.1) is 5.92 Å². The Morgan fingerprint density at radius 3 is 3.00 bits per heavy atom. The fourth-order valence-corrected chi connectivity index (χ4v) is 3.81. The Morgan fingerprint density at radius 2 is 2.29 bits per heavy atom. The second kappa shape index (κ2) is 6.99. The van der Waals surface area contributed by atoms with Crippen molar-refractivity contribution in [1.82, 2.24) is 14.9 Å². The first-order chi connectivity index (χ1) is 11.8. The number of likely N-dealkylation sites (tertiary alicyclic amines) is 1. The third-order valence-electron chi connectivity index (χ3n) is 4.81. The molecule has 0 aromatic carbocycles. The molecule has 2 aromatic heterocycles. The van der Waals surface area contributed by atoms with E-state index >= 15 is 0 Å². The summed E-state index contributed by atoms with van der Waals surface area (Å²) in [5.74, 6) is 0.745. The van der Waals surface area contributed by atoms with Gasteiger partial charge in [-0.15, -0.1) is 11.3 Å². The van der Waals surface area contributed by atoms with Crippen LogP contribution in [0.15, 0.2) is 35.4 Å². The zero-order valence-corrected chi connectivity index (χ0v) is 14.3. The van der Waals surface area contributed by atoms with Crippen molar-refractivity contribution in [3.63, 3.8) is 0 Å². The molecule has 6 heteroatoms. The van der Waals surface area contributed by atoms with Crippen molar-refractivity contribution in [2.24, 2.45) is 5.92 Å². The molecule has 1 amide bonds. The maximum absolute atomic E-state index is 12.8. The molecular weight excluding hydrogens is 322 g/mol. The first-order valence-electron chi connectivity index (χ1n) is 8.51. The summed E-state index contributed by atoms with van der Waals surface area (Å²) in [7, 11) is 0. The lowest BCUT2D eigenvalue weighted by Gasteiger charge is -2.28. The summed E-state index contributed by atoms with van der Waals surface area (Å²) >= 11 is 1.46. The van der Waals surface area contributed by atoms with Crippen LogP contribution in [0.4, 0.5) is 0 Å². The summed E-state index contributed by atoms with van der Waals surface area (Å²) in [6.45, 7) is 1.56. The second-order valence-corrected chi connectivity index (χ2v) is 7.33. The molecule has 3 heterocycles. The SMILES string of the molecule is O=C(c1cscn1)N1CC[C@@H](OCC2CC2)[C@@H]1Cc1cccnc1. The van der Waals surface area contributed by atoms with Crippen LogP contribution in [0.25, 0.3) is 0 Å². The van der Waals surface area contributed by atoms with Gasteiger partial charge in [-0.25, -0.2) is 4.98 Å². The number of pyridine rings is 1. The summed E-state index contributed by atoms with van der Waals surface area (Å²) < 4.78 is 6.18. The number of aromatic nitrogens is 2. The van der Waals surface area contributed by atoms with E-state index in [1.54, 1.807) is 11.7 Å². The van der Waals surface area contributed by atoms with Crippen LogP contribution in [0.2, 0.25) is 0 Å². The van der Waals surface area contributed by atoms with E-state index in [9.17, 15) is 4.79 Å². The van der Waals surface area contributed by atoms with Gasteiger partial charge in [0.2, 0.25) is 0 Å². The fourth-order valence-electron chi connectivity index (χ4n) is 3.28. The molecule has 24 heavy (non-hydrogen) atoms. The molecule has 0 radical (unpaired) electrons. The van der Waals surface area contributed by atoms with E-state index in [4.69, 9.17) is 4.74 Å². The topological polar surface area (TPSA) is 55.3 Å². The highest BCUT2D eigenvalue weighted by molar-refractivity contribution is 7.07. The average molecular weight is 343 g/mol. The molecule has 0 unspecified atom stereocenters. The van der Waals surface area contributed by atoms with Crippen LogP contribution < -0.4 is 0 Å². The quantitative estimate of drug-likeness (QED) is 0.809. The summed E-state index contributed by atoms with van der Waals surface area (Å²) in [6, 6.07) is 4.06. The lowest BCUT2D eigenvalue weighted by molar-refractivity contribution is 0.0198. The maximum Gasteiger partial charge on any atom is 0.273 e. The van der Waals surface area contributed by atoms with Crippen molar-refractivity contribution in [3.05, 3.63) is 46.7 Å². The minimum Gasteiger partial charge on any atom is -0.376 e. The largest absolute Gasteiger partial charge is 0.376 e. The summed E-state index contributed by atoms with van der Waals surface area (Å²) in [6.07, 6.45) is 7.99. The number of carbonyl (C=O) groups excluding carboxylic acids is 1. The number of hydrogen-bond acceptors (Lipinski definition) is 5. The molecule has 1 saturated carbocycles. The van der Waals surface area contributed by atoms with Crippen LogP contribution in [0.1, 0.15) is 35.3 Å². The first-order valence-corrected chi connectivity index (χ1v) is 9.45. The van der Waals surface area contributed by atoms with Gasteiger partial charge in [0.05, 0.1) is 17.7 Å². The smallest absolute Gasteiger partial charge is 0.273 e. The Balaban J connectivity index is 1.51. The molecule has 1 aliphatic carbocycles. The van der Waals surface area contributed by atoms with E-state index in [0.717, 1.165) is 37.5 Å². The molecule has 1 aliphatic heterocycles. The van der Waals surface area contributed by atoms with Gasteiger partial charge in [-0.05, 0) is 43.2 Å². The van der Waals surface area contributed by atoms with Gasteiger partial charge in [0.1, 0.15) is 5.69 Å². The van der Waals surface area contributed by atoms with E-state index in [0.29, 0.717) is 5.69 Å². The van der Waals surface area contributed by atoms with E-state index in [1.165, 1.54) is 24.2 Å². The van der Waals surface area contributed by atoms with Gasteiger partial charge in [0, 0.05) is 30.9 Å². The second-order valence-electron chi connectivity index (χ2n) is 6.61. The Hall–Kier alpha value is -1.79. The molecule has 0 bridgehead atoms. The number of carbonyl (C=O) groups is 1. The first kappa shape index (κ1) is 15.7. The van der Waals surface area contributed by atoms with Gasteiger partial charge in [0.25, 0.3) is 5.91 Å². The molecule has 1 saturated heterocycles. The molecule has 0 spiro atoms. The normalized spacial score (nSPS) is 23.6. The van der Waals surface area contributed by atoms with Crippen molar-refractivity contribution in [1.29, 1.82) is 0 Å². The molecule has 2 atom stereocenters. The molecule has 2 aliphatic rings. The minimum atomic E-state index is 0.0164. The highest BCUT2D eigenvalue weighted by Crippen LogP contribution is 2.32. The number of nitrogens with zero attached hydrogens (tertiary/aromatic N) is 3. The number of hydrogen-bond donors (Lipinski definition) is 0. The summed E-state index contributed by atoms with van der Waals surface area (Å²) in [5.41, 5.74) is 3.39. The fraction of sp³-hybridized carbons (Fsp3) is 0.500. The van der Waals surface area contributed by atoms with Crippen molar-refractivity contribution in [3.8, 4) is 0 Å². The number of thiazole rings is 1. The molecular formula is C18H21N3O2S. The highest BCUT2D eigenvalue weighted by atomic mass is 32.1.